The number of fused-ring (bicyclic) bond motifs is 1. The molecule has 5 rings (SSSR count). The Morgan fingerprint density at radius 2 is 1.89 bits per heavy atom. The van der Waals surface area contributed by atoms with Crippen molar-refractivity contribution < 1.29 is 23.2 Å². The summed E-state index contributed by atoms with van der Waals surface area (Å²) in [5.41, 5.74) is 3.67. The highest BCUT2D eigenvalue weighted by Gasteiger charge is 2.24. The van der Waals surface area contributed by atoms with Crippen molar-refractivity contribution in [2.75, 3.05) is 0 Å². The molecule has 0 bridgehead atoms. The van der Waals surface area contributed by atoms with Crippen LogP contribution in [0.4, 0.5) is 8.78 Å². The minimum absolute atomic E-state index is 0.0814. The second-order valence-corrected chi connectivity index (χ2v) is 8.27. The van der Waals surface area contributed by atoms with Crippen LogP contribution in [-0.4, -0.2) is 30.8 Å². The minimum Gasteiger partial charge on any atom is -0.478 e. The number of pyridine rings is 2. The van der Waals surface area contributed by atoms with E-state index in [0.29, 0.717) is 28.1 Å². The van der Waals surface area contributed by atoms with Crippen LogP contribution in [0.25, 0.3) is 33.3 Å². The van der Waals surface area contributed by atoms with E-state index in [-0.39, 0.29) is 11.6 Å². The lowest BCUT2D eigenvalue weighted by molar-refractivity contribution is 0.0690. The highest BCUT2D eigenvalue weighted by molar-refractivity contribution is 5.96. The molecule has 0 saturated heterocycles. The van der Waals surface area contributed by atoms with Gasteiger partial charge in [0.2, 0.25) is 0 Å². The summed E-state index contributed by atoms with van der Waals surface area (Å²) in [7, 11) is 0. The van der Waals surface area contributed by atoms with Crippen molar-refractivity contribution in [1.82, 2.24) is 19.7 Å². The first kappa shape index (κ1) is 22.4. The lowest BCUT2D eigenvalue weighted by atomic mass is 10.0. The van der Waals surface area contributed by atoms with E-state index in [1.807, 2.05) is 49.6 Å². The van der Waals surface area contributed by atoms with Gasteiger partial charge in [-0.05, 0) is 45.0 Å². The van der Waals surface area contributed by atoms with Gasteiger partial charge in [-0.15, -0.1) is 0 Å². The van der Waals surface area contributed by atoms with Crippen molar-refractivity contribution in [2.24, 2.45) is 0 Å². The van der Waals surface area contributed by atoms with Crippen molar-refractivity contribution in [1.29, 1.82) is 0 Å². The van der Waals surface area contributed by atoms with Gasteiger partial charge in [0.25, 0.3) is 0 Å². The minimum atomic E-state index is -1.54. The Morgan fingerprint density at radius 3 is 2.54 bits per heavy atom. The van der Waals surface area contributed by atoms with Crippen LogP contribution in [0.3, 0.4) is 0 Å². The van der Waals surface area contributed by atoms with E-state index in [2.05, 4.69) is 15.1 Å². The topological polar surface area (TPSA) is 94.0 Å². The molecule has 7 nitrogen and oxygen atoms in total. The Labute approximate surface area is 198 Å². The molecule has 0 aliphatic heterocycles. The molecule has 0 amide bonds. The van der Waals surface area contributed by atoms with E-state index >= 15 is 4.39 Å². The zero-order valence-corrected chi connectivity index (χ0v) is 19.1. The summed E-state index contributed by atoms with van der Waals surface area (Å²) >= 11 is 0. The molecule has 1 atom stereocenters. The van der Waals surface area contributed by atoms with Crippen LogP contribution in [-0.2, 0) is 0 Å². The molecule has 0 aliphatic carbocycles. The van der Waals surface area contributed by atoms with E-state index in [1.54, 1.807) is 18.6 Å². The number of nitrogens with zero attached hydrogens (tertiary/aromatic N) is 4. The highest BCUT2D eigenvalue weighted by Crippen LogP contribution is 2.37. The molecule has 0 saturated carbocycles. The largest absolute Gasteiger partial charge is 0.478 e. The van der Waals surface area contributed by atoms with Gasteiger partial charge >= 0.3 is 5.97 Å². The van der Waals surface area contributed by atoms with Gasteiger partial charge in [-0.25, -0.2) is 13.6 Å². The average Bonchev–Trinajstić information content (AvgIpc) is 3.39. The Hall–Kier alpha value is -4.40. The number of rotatable bonds is 5. The number of hydrogen-bond acceptors (Lipinski definition) is 5. The number of benzene rings is 1. The smallest absolute Gasteiger partial charge is 0.338 e. The zero-order chi connectivity index (χ0) is 24.9. The zero-order valence-electron chi connectivity index (χ0n) is 19.1. The highest BCUT2D eigenvalue weighted by atomic mass is 19.2. The normalized spacial score (nSPS) is 12.3. The predicted octanol–water partition coefficient (Wildman–Crippen LogP) is 5.96. The van der Waals surface area contributed by atoms with Gasteiger partial charge in [0, 0.05) is 40.8 Å². The molecule has 0 aliphatic rings. The van der Waals surface area contributed by atoms with Crippen LogP contribution < -0.4 is 0 Å². The number of aromatic nitrogens is 4. The van der Waals surface area contributed by atoms with Gasteiger partial charge in [0.15, 0.2) is 11.6 Å². The third-order valence-corrected chi connectivity index (χ3v) is 6.13. The van der Waals surface area contributed by atoms with Crippen LogP contribution in [0.1, 0.15) is 40.5 Å². The summed E-state index contributed by atoms with van der Waals surface area (Å²) in [6, 6.07) is 9.52. The molecule has 5 aromatic rings. The molecule has 1 N–H and O–H groups in total. The molecule has 0 fully saturated rings. The summed E-state index contributed by atoms with van der Waals surface area (Å²) in [6.45, 7) is 5.58. The molecule has 9 heteroatoms. The lowest BCUT2D eigenvalue weighted by Gasteiger charge is -2.15. The number of aryl methyl sites for hydroxylation is 2. The van der Waals surface area contributed by atoms with E-state index in [0.717, 1.165) is 22.9 Å². The Morgan fingerprint density at radius 1 is 1.09 bits per heavy atom. The van der Waals surface area contributed by atoms with E-state index in [4.69, 9.17) is 9.63 Å². The standard InChI is InChI=1S/C26H20F2N4O3/c1-13-22(15(3)35-31-13)16-10-21-25(30-11-16)19(12-32(21)14(2)20-6-4-5-9-29-20)17-7-8-18(26(33)34)24(28)23(17)27/h4-12,14H,1-3H3,(H,33,34)/t14-/m0/s1. The van der Waals surface area contributed by atoms with Crippen LogP contribution in [0.15, 0.2) is 59.5 Å². The maximum absolute atomic E-state index is 15.1. The number of carboxylic acid groups (broad SMARTS) is 1. The van der Waals surface area contributed by atoms with Crippen molar-refractivity contribution in [3.63, 3.8) is 0 Å². The summed E-state index contributed by atoms with van der Waals surface area (Å²) < 4.78 is 36.8. The second kappa shape index (κ2) is 8.43. The van der Waals surface area contributed by atoms with Crippen LogP contribution in [0.2, 0.25) is 0 Å². The third-order valence-electron chi connectivity index (χ3n) is 6.13. The molecule has 0 spiro atoms. The van der Waals surface area contributed by atoms with Crippen LogP contribution >= 0.6 is 0 Å². The summed E-state index contributed by atoms with van der Waals surface area (Å²) in [6.07, 6.45) is 5.01. The maximum Gasteiger partial charge on any atom is 0.338 e. The van der Waals surface area contributed by atoms with Gasteiger partial charge in [0.05, 0.1) is 34.0 Å². The van der Waals surface area contributed by atoms with E-state index < -0.39 is 23.2 Å². The predicted molar refractivity (Wildman–Crippen MR) is 125 cm³/mol. The molecule has 0 unspecified atom stereocenters. The molecule has 176 valence electrons. The molecular weight excluding hydrogens is 454 g/mol. The number of halogens is 2. The first-order valence-corrected chi connectivity index (χ1v) is 10.8. The monoisotopic (exact) mass is 474 g/mol. The quantitative estimate of drug-likeness (QED) is 0.338. The molecule has 1 aromatic carbocycles. The van der Waals surface area contributed by atoms with Crippen molar-refractivity contribution >= 4 is 17.0 Å². The van der Waals surface area contributed by atoms with Crippen molar-refractivity contribution in [3.8, 4) is 22.3 Å². The number of hydrogen-bond donors (Lipinski definition) is 1. The third kappa shape index (κ3) is 3.65. The van der Waals surface area contributed by atoms with Gasteiger partial charge in [0.1, 0.15) is 5.76 Å². The average molecular weight is 474 g/mol. The Balaban J connectivity index is 1.77. The molecular formula is C26H20F2N4O3. The Kier molecular flexibility index (Phi) is 5.39. The molecule has 4 aromatic heterocycles. The molecule has 4 heterocycles. The summed E-state index contributed by atoms with van der Waals surface area (Å²) in [4.78, 5) is 20.3. The summed E-state index contributed by atoms with van der Waals surface area (Å²) in [5.74, 6) is -3.56. The van der Waals surface area contributed by atoms with Gasteiger partial charge < -0.3 is 14.2 Å². The fraction of sp³-hybridized carbons (Fsp3) is 0.154. The van der Waals surface area contributed by atoms with Gasteiger partial charge in [-0.2, -0.15) is 0 Å². The second-order valence-electron chi connectivity index (χ2n) is 8.27. The summed E-state index contributed by atoms with van der Waals surface area (Å²) in [5, 5.41) is 13.2. The Bertz CT molecular complexity index is 1570. The first-order chi connectivity index (χ1) is 16.8. The molecule has 0 radical (unpaired) electrons. The van der Waals surface area contributed by atoms with Gasteiger partial charge in [-0.1, -0.05) is 17.3 Å². The fourth-order valence-corrected chi connectivity index (χ4v) is 4.36. The number of aromatic carboxylic acids is 1. The first-order valence-electron chi connectivity index (χ1n) is 10.8. The van der Waals surface area contributed by atoms with Crippen molar-refractivity contribution in [2.45, 2.75) is 26.8 Å². The SMILES string of the molecule is Cc1noc(C)c1-c1cnc2c(-c3ccc(C(=O)O)c(F)c3F)cn([C@@H](C)c3ccccn3)c2c1. The number of carboxylic acids is 1. The fourth-order valence-electron chi connectivity index (χ4n) is 4.36. The maximum atomic E-state index is 15.1. The van der Waals surface area contributed by atoms with E-state index in [1.165, 1.54) is 6.07 Å². The lowest BCUT2D eigenvalue weighted by Crippen LogP contribution is -2.07. The van der Waals surface area contributed by atoms with E-state index in [9.17, 15) is 9.18 Å². The van der Waals surface area contributed by atoms with Crippen LogP contribution in [0.5, 0.6) is 0 Å². The molecule has 35 heavy (non-hydrogen) atoms. The number of carbonyl (C=O) groups is 1. The van der Waals surface area contributed by atoms with Crippen molar-refractivity contribution in [3.05, 3.63) is 89.3 Å². The van der Waals surface area contributed by atoms with Gasteiger partial charge in [-0.3, -0.25) is 9.97 Å². The van der Waals surface area contributed by atoms with Crippen LogP contribution in [0, 0.1) is 25.5 Å².